The van der Waals surface area contributed by atoms with Crippen LogP contribution in [0.25, 0.3) is 0 Å². The van der Waals surface area contributed by atoms with Crippen LogP contribution in [-0.4, -0.2) is 0 Å². The van der Waals surface area contributed by atoms with Crippen LogP contribution >= 0.6 is 0 Å². The van der Waals surface area contributed by atoms with E-state index < -0.39 is 0 Å². The lowest BCUT2D eigenvalue weighted by atomic mass is 10.0. The van der Waals surface area contributed by atoms with E-state index in [0.717, 1.165) is 11.8 Å². The van der Waals surface area contributed by atoms with Gasteiger partial charge in [-0.15, -0.1) is 0 Å². The fourth-order valence-corrected chi connectivity index (χ4v) is 1.63. The molecular weight excluding hydrogens is 132 g/mol. The number of allylic oxidation sites excluding steroid dienone is 2. The maximum atomic E-state index is 2.45. The molecule has 0 aliphatic heterocycles. The Morgan fingerprint density at radius 3 is 2.55 bits per heavy atom. The third-order valence-corrected chi connectivity index (χ3v) is 2.76. The molecule has 0 aromatic carbocycles. The molecule has 0 bridgehead atoms. The molecule has 0 spiro atoms. The Balaban J connectivity index is 2.22. The summed E-state index contributed by atoms with van der Waals surface area (Å²) < 4.78 is 0. The van der Waals surface area contributed by atoms with Gasteiger partial charge in [0.1, 0.15) is 0 Å². The van der Waals surface area contributed by atoms with E-state index in [1.54, 1.807) is 0 Å². The third-order valence-electron chi connectivity index (χ3n) is 2.76. The normalized spacial score (nSPS) is 23.1. The van der Waals surface area contributed by atoms with Gasteiger partial charge in [0.05, 0.1) is 0 Å². The number of hydrogen-bond acceptors (Lipinski definition) is 0. The highest BCUT2D eigenvalue weighted by molar-refractivity contribution is 4.93. The zero-order valence-electron chi connectivity index (χ0n) is 7.84. The molecule has 1 saturated carbocycles. The second-order valence-electron chi connectivity index (χ2n) is 3.81. The Bertz CT molecular complexity index is 118. The highest BCUT2D eigenvalue weighted by atomic mass is 14.2. The van der Waals surface area contributed by atoms with E-state index in [-0.39, 0.29) is 0 Å². The molecule has 0 saturated heterocycles. The van der Waals surface area contributed by atoms with Gasteiger partial charge in [0, 0.05) is 0 Å². The van der Waals surface area contributed by atoms with Crippen LogP contribution in [0.2, 0.25) is 0 Å². The minimum absolute atomic E-state index is 0.788. The van der Waals surface area contributed by atoms with Gasteiger partial charge in [0.25, 0.3) is 0 Å². The molecule has 11 heavy (non-hydrogen) atoms. The van der Waals surface area contributed by atoms with Crippen LogP contribution in [-0.2, 0) is 0 Å². The number of rotatable bonds is 3. The lowest BCUT2D eigenvalue weighted by Crippen LogP contribution is -1.90. The maximum Gasteiger partial charge on any atom is -0.0233 e. The number of hydrogen-bond donors (Lipinski definition) is 0. The second-order valence-corrected chi connectivity index (χ2v) is 3.81. The molecule has 0 radical (unpaired) electrons. The average molecular weight is 152 g/mol. The molecule has 0 heterocycles. The monoisotopic (exact) mass is 152 g/mol. The van der Waals surface area contributed by atoms with Gasteiger partial charge < -0.3 is 0 Å². The molecule has 1 aliphatic rings. The first-order chi connectivity index (χ1) is 5.33. The van der Waals surface area contributed by atoms with Crippen LogP contribution in [0.3, 0.4) is 0 Å². The van der Waals surface area contributed by atoms with Crippen molar-refractivity contribution in [2.45, 2.75) is 46.0 Å². The Morgan fingerprint density at radius 2 is 2.00 bits per heavy atom. The minimum Gasteiger partial charge on any atom is -0.0854 e. The Kier molecular flexibility index (Phi) is 3.68. The molecule has 1 rings (SSSR count). The van der Waals surface area contributed by atoms with Crippen molar-refractivity contribution >= 4 is 0 Å². The lowest BCUT2D eigenvalue weighted by Gasteiger charge is -2.03. The zero-order chi connectivity index (χ0) is 8.10. The summed E-state index contributed by atoms with van der Waals surface area (Å²) >= 11 is 0. The summed E-state index contributed by atoms with van der Waals surface area (Å²) in [6.45, 7) is 4.55. The average Bonchev–Trinajstić information content (AvgIpc) is 2.52. The van der Waals surface area contributed by atoms with E-state index in [2.05, 4.69) is 26.0 Å². The van der Waals surface area contributed by atoms with Crippen molar-refractivity contribution in [1.29, 1.82) is 0 Å². The van der Waals surface area contributed by atoms with Crippen molar-refractivity contribution in [3.05, 3.63) is 12.2 Å². The van der Waals surface area contributed by atoms with Gasteiger partial charge in [0.15, 0.2) is 0 Å². The molecule has 64 valence electrons. The van der Waals surface area contributed by atoms with Gasteiger partial charge >= 0.3 is 0 Å². The summed E-state index contributed by atoms with van der Waals surface area (Å²) in [5.41, 5.74) is 0. The fourth-order valence-electron chi connectivity index (χ4n) is 1.63. The van der Waals surface area contributed by atoms with E-state index in [1.807, 2.05) is 0 Å². The van der Waals surface area contributed by atoms with Crippen molar-refractivity contribution in [2.75, 3.05) is 0 Å². The van der Waals surface area contributed by atoms with E-state index in [1.165, 1.54) is 32.1 Å². The quantitative estimate of drug-likeness (QED) is 0.540. The molecule has 1 atom stereocenters. The Labute approximate surface area is 70.7 Å². The summed E-state index contributed by atoms with van der Waals surface area (Å²) in [6.07, 6.45) is 11.9. The van der Waals surface area contributed by atoms with Gasteiger partial charge in [-0.2, -0.15) is 0 Å². The van der Waals surface area contributed by atoms with Crippen molar-refractivity contribution < 1.29 is 0 Å². The van der Waals surface area contributed by atoms with Crippen molar-refractivity contribution in [3.8, 4) is 0 Å². The van der Waals surface area contributed by atoms with Crippen LogP contribution in [0, 0.1) is 11.8 Å². The van der Waals surface area contributed by atoms with Crippen molar-refractivity contribution in [3.63, 3.8) is 0 Å². The maximum absolute atomic E-state index is 2.45. The smallest absolute Gasteiger partial charge is 0.0233 e. The van der Waals surface area contributed by atoms with Crippen LogP contribution in [0.4, 0.5) is 0 Å². The highest BCUT2D eigenvalue weighted by Gasteiger charge is 2.10. The fraction of sp³-hybridized carbons (Fsp3) is 0.818. The summed E-state index contributed by atoms with van der Waals surface area (Å²) in [7, 11) is 0. The Hall–Kier alpha value is -0.260. The standard InChI is InChI=1S/C11H20/c1-3-10(2)8-9-11-6-4-5-7-11/h8-11H,3-7H2,1-2H3. The molecule has 0 N–H and O–H groups in total. The van der Waals surface area contributed by atoms with Crippen molar-refractivity contribution in [2.24, 2.45) is 11.8 Å². The molecule has 0 heteroatoms. The molecule has 0 aromatic heterocycles. The van der Waals surface area contributed by atoms with Crippen molar-refractivity contribution in [1.82, 2.24) is 0 Å². The third kappa shape index (κ3) is 3.09. The summed E-state index contributed by atoms with van der Waals surface area (Å²) in [4.78, 5) is 0. The predicted octanol–water partition coefficient (Wildman–Crippen LogP) is 3.78. The van der Waals surface area contributed by atoms with Gasteiger partial charge in [-0.1, -0.05) is 45.3 Å². The van der Waals surface area contributed by atoms with Crippen LogP contribution in [0.1, 0.15) is 46.0 Å². The van der Waals surface area contributed by atoms with Crippen LogP contribution < -0.4 is 0 Å². The SMILES string of the molecule is CCC(C)C=CC1CCCC1. The van der Waals surface area contributed by atoms with Gasteiger partial charge in [-0.25, -0.2) is 0 Å². The molecule has 1 aliphatic carbocycles. The first-order valence-corrected chi connectivity index (χ1v) is 5.01. The molecular formula is C11H20. The minimum atomic E-state index is 0.788. The van der Waals surface area contributed by atoms with E-state index >= 15 is 0 Å². The first kappa shape index (κ1) is 8.83. The second kappa shape index (κ2) is 4.58. The largest absolute Gasteiger partial charge is 0.0854 e. The molecule has 1 fully saturated rings. The molecule has 0 nitrogen and oxygen atoms in total. The summed E-state index contributed by atoms with van der Waals surface area (Å²) in [5.74, 6) is 1.71. The topological polar surface area (TPSA) is 0 Å². The van der Waals surface area contributed by atoms with Crippen LogP contribution in [0.5, 0.6) is 0 Å². The van der Waals surface area contributed by atoms with E-state index in [4.69, 9.17) is 0 Å². The summed E-state index contributed by atoms with van der Waals surface area (Å²) in [6, 6.07) is 0. The van der Waals surface area contributed by atoms with Crippen LogP contribution in [0.15, 0.2) is 12.2 Å². The van der Waals surface area contributed by atoms with E-state index in [0.29, 0.717) is 0 Å². The van der Waals surface area contributed by atoms with E-state index in [9.17, 15) is 0 Å². The van der Waals surface area contributed by atoms with Gasteiger partial charge in [-0.3, -0.25) is 0 Å². The zero-order valence-corrected chi connectivity index (χ0v) is 7.84. The molecule has 0 aromatic rings. The lowest BCUT2D eigenvalue weighted by molar-refractivity contribution is 0.652. The predicted molar refractivity (Wildman–Crippen MR) is 50.6 cm³/mol. The highest BCUT2D eigenvalue weighted by Crippen LogP contribution is 2.26. The first-order valence-electron chi connectivity index (χ1n) is 5.01. The van der Waals surface area contributed by atoms with Gasteiger partial charge in [0.2, 0.25) is 0 Å². The molecule has 0 amide bonds. The summed E-state index contributed by atoms with van der Waals surface area (Å²) in [5, 5.41) is 0. The van der Waals surface area contributed by atoms with Gasteiger partial charge in [-0.05, 0) is 24.7 Å². The Morgan fingerprint density at radius 1 is 1.36 bits per heavy atom. The molecule has 1 unspecified atom stereocenters.